The van der Waals surface area contributed by atoms with Gasteiger partial charge in [0, 0.05) is 31.3 Å². The molecule has 1 aromatic carbocycles. The number of aromatic amines is 1. The molecule has 0 saturated carbocycles. The van der Waals surface area contributed by atoms with Crippen LogP contribution in [0.4, 0.5) is 4.79 Å². The number of nitrogens with zero attached hydrogens (tertiary/aromatic N) is 3. The molecular weight excluding hydrogens is 384 g/mol. The van der Waals surface area contributed by atoms with Crippen LogP contribution >= 0.6 is 0 Å². The normalized spacial score (nSPS) is 17.2. The number of ether oxygens (including phenoxy) is 3. The Hall–Kier alpha value is -3.13. The fourth-order valence-electron chi connectivity index (χ4n) is 3.32. The van der Waals surface area contributed by atoms with Gasteiger partial charge in [-0.25, -0.2) is 9.78 Å². The third kappa shape index (κ3) is 4.71. The van der Waals surface area contributed by atoms with Crippen molar-refractivity contribution in [1.29, 1.82) is 0 Å². The van der Waals surface area contributed by atoms with E-state index in [4.69, 9.17) is 14.2 Å². The Kier molecular flexibility index (Phi) is 5.59. The molecule has 158 valence electrons. The Labute approximate surface area is 175 Å². The first-order valence-electron chi connectivity index (χ1n) is 9.99. The first-order valence-corrected chi connectivity index (χ1v) is 9.99. The van der Waals surface area contributed by atoms with Crippen LogP contribution in [-0.4, -0.2) is 64.0 Å². The molecule has 8 nitrogen and oxygen atoms in total. The van der Waals surface area contributed by atoms with Crippen molar-refractivity contribution in [3.63, 3.8) is 0 Å². The van der Waals surface area contributed by atoms with Gasteiger partial charge in [0.2, 0.25) is 0 Å². The molecule has 0 radical (unpaired) electrons. The number of nitrogens with one attached hydrogen (secondary N) is 1. The lowest BCUT2D eigenvalue weighted by Gasteiger charge is -2.34. The predicted molar refractivity (Wildman–Crippen MR) is 112 cm³/mol. The maximum atomic E-state index is 12.4. The predicted octanol–water partition coefficient (Wildman–Crippen LogP) is 3.64. The first-order chi connectivity index (χ1) is 14.4. The number of fused-ring (bicyclic) bond motifs is 1. The number of benzene rings is 1. The van der Waals surface area contributed by atoms with Crippen LogP contribution < -0.4 is 4.74 Å². The average Bonchev–Trinajstić information content (AvgIpc) is 3.26. The highest BCUT2D eigenvalue weighted by molar-refractivity contribution is 5.86. The molecule has 1 saturated heterocycles. The van der Waals surface area contributed by atoms with Gasteiger partial charge in [0.15, 0.2) is 0 Å². The zero-order chi connectivity index (χ0) is 21.1. The minimum atomic E-state index is -0.530. The van der Waals surface area contributed by atoms with Crippen molar-refractivity contribution in [3.8, 4) is 16.9 Å². The molecule has 0 aliphatic carbocycles. The SMILES string of the molecule is CC(C)(C)OC(=O)N1CCO[C@H](COc2cc(-c3cc[nH]c3)cc3nccnc23)C1. The van der Waals surface area contributed by atoms with Crippen LogP contribution in [0.2, 0.25) is 0 Å². The number of hydrogen-bond donors (Lipinski definition) is 1. The Morgan fingerprint density at radius 3 is 2.87 bits per heavy atom. The summed E-state index contributed by atoms with van der Waals surface area (Å²) in [4.78, 5) is 26.0. The van der Waals surface area contributed by atoms with Gasteiger partial charge in [-0.1, -0.05) is 0 Å². The van der Waals surface area contributed by atoms with E-state index in [-0.39, 0.29) is 12.2 Å². The number of carbonyl (C=O) groups is 1. The lowest BCUT2D eigenvalue weighted by Crippen LogP contribution is -2.49. The molecule has 8 heteroatoms. The molecule has 0 bridgehead atoms. The molecule has 0 spiro atoms. The van der Waals surface area contributed by atoms with E-state index < -0.39 is 5.60 Å². The Morgan fingerprint density at radius 1 is 1.27 bits per heavy atom. The summed E-state index contributed by atoms with van der Waals surface area (Å²) in [7, 11) is 0. The maximum absolute atomic E-state index is 12.4. The van der Waals surface area contributed by atoms with Gasteiger partial charge in [0.1, 0.15) is 29.6 Å². The molecule has 1 N–H and O–H groups in total. The number of hydrogen-bond acceptors (Lipinski definition) is 6. The average molecular weight is 410 g/mol. The van der Waals surface area contributed by atoms with Crippen molar-refractivity contribution in [2.24, 2.45) is 0 Å². The summed E-state index contributed by atoms with van der Waals surface area (Å²) in [5.74, 6) is 0.634. The van der Waals surface area contributed by atoms with Crippen molar-refractivity contribution < 1.29 is 19.0 Å². The topological polar surface area (TPSA) is 89.6 Å². The summed E-state index contributed by atoms with van der Waals surface area (Å²) < 4.78 is 17.4. The zero-order valence-corrected chi connectivity index (χ0v) is 17.4. The molecule has 1 atom stereocenters. The van der Waals surface area contributed by atoms with E-state index in [1.807, 2.05) is 51.4 Å². The molecule has 0 unspecified atom stereocenters. The highest BCUT2D eigenvalue weighted by atomic mass is 16.6. The van der Waals surface area contributed by atoms with Crippen molar-refractivity contribution in [2.75, 3.05) is 26.3 Å². The number of carbonyl (C=O) groups excluding carboxylic acids is 1. The monoisotopic (exact) mass is 410 g/mol. The van der Waals surface area contributed by atoms with Crippen LogP contribution in [0.25, 0.3) is 22.2 Å². The highest BCUT2D eigenvalue weighted by Gasteiger charge is 2.28. The molecule has 1 fully saturated rings. The zero-order valence-electron chi connectivity index (χ0n) is 17.4. The van der Waals surface area contributed by atoms with Crippen LogP contribution in [0, 0.1) is 0 Å². The second-order valence-electron chi connectivity index (χ2n) is 8.23. The van der Waals surface area contributed by atoms with Gasteiger partial charge in [-0.15, -0.1) is 0 Å². The van der Waals surface area contributed by atoms with Crippen LogP contribution in [0.5, 0.6) is 5.75 Å². The second kappa shape index (κ2) is 8.31. The Morgan fingerprint density at radius 2 is 2.10 bits per heavy atom. The van der Waals surface area contributed by atoms with E-state index in [1.165, 1.54) is 0 Å². The molecule has 3 aromatic rings. The smallest absolute Gasteiger partial charge is 0.410 e. The van der Waals surface area contributed by atoms with E-state index in [2.05, 4.69) is 15.0 Å². The maximum Gasteiger partial charge on any atom is 0.410 e. The summed E-state index contributed by atoms with van der Waals surface area (Å²) in [6.45, 7) is 7.22. The molecular formula is C22H26N4O4. The molecule has 4 rings (SSSR count). The quantitative estimate of drug-likeness (QED) is 0.706. The standard InChI is InChI=1S/C22H26N4O4/c1-22(2,3)30-21(27)26-8-9-28-17(13-26)14-29-19-11-16(15-4-5-23-12-15)10-18-20(19)25-7-6-24-18/h4-7,10-12,17,23H,8-9,13-14H2,1-3H3/t17-/m0/s1. The number of morpholine rings is 1. The Bertz CT molecular complexity index is 1010. The summed E-state index contributed by atoms with van der Waals surface area (Å²) in [6.07, 6.45) is 6.51. The largest absolute Gasteiger partial charge is 0.488 e. The fourth-order valence-corrected chi connectivity index (χ4v) is 3.32. The minimum absolute atomic E-state index is 0.256. The van der Waals surface area contributed by atoms with Crippen molar-refractivity contribution in [1.82, 2.24) is 19.9 Å². The molecule has 1 aliphatic rings. The third-order valence-corrected chi connectivity index (χ3v) is 4.69. The van der Waals surface area contributed by atoms with Gasteiger partial charge in [-0.3, -0.25) is 4.98 Å². The van der Waals surface area contributed by atoms with Crippen molar-refractivity contribution >= 4 is 17.1 Å². The number of H-pyrrole nitrogens is 1. The van der Waals surface area contributed by atoms with E-state index in [0.717, 1.165) is 16.6 Å². The van der Waals surface area contributed by atoms with Crippen LogP contribution in [0.1, 0.15) is 20.8 Å². The lowest BCUT2D eigenvalue weighted by atomic mass is 10.1. The molecule has 30 heavy (non-hydrogen) atoms. The molecule has 3 heterocycles. The highest BCUT2D eigenvalue weighted by Crippen LogP contribution is 2.30. The van der Waals surface area contributed by atoms with Gasteiger partial charge < -0.3 is 24.1 Å². The fraction of sp³-hybridized carbons (Fsp3) is 0.409. The summed E-state index contributed by atoms with van der Waals surface area (Å²) in [6, 6.07) is 5.93. The van der Waals surface area contributed by atoms with Crippen LogP contribution in [-0.2, 0) is 9.47 Å². The van der Waals surface area contributed by atoms with E-state index in [1.54, 1.807) is 17.3 Å². The lowest BCUT2D eigenvalue weighted by molar-refractivity contribution is -0.0555. The van der Waals surface area contributed by atoms with E-state index in [0.29, 0.717) is 37.6 Å². The van der Waals surface area contributed by atoms with E-state index >= 15 is 0 Å². The molecule has 1 amide bonds. The third-order valence-electron chi connectivity index (χ3n) is 4.69. The summed E-state index contributed by atoms with van der Waals surface area (Å²) in [5, 5.41) is 0. The van der Waals surface area contributed by atoms with Gasteiger partial charge >= 0.3 is 6.09 Å². The van der Waals surface area contributed by atoms with Crippen LogP contribution in [0.15, 0.2) is 43.0 Å². The number of amides is 1. The Balaban J connectivity index is 1.48. The second-order valence-corrected chi connectivity index (χ2v) is 8.23. The van der Waals surface area contributed by atoms with E-state index in [9.17, 15) is 4.79 Å². The van der Waals surface area contributed by atoms with Gasteiger partial charge in [0.05, 0.1) is 18.7 Å². The molecule has 2 aromatic heterocycles. The minimum Gasteiger partial charge on any atom is -0.488 e. The van der Waals surface area contributed by atoms with Gasteiger partial charge in [-0.2, -0.15) is 0 Å². The van der Waals surface area contributed by atoms with Crippen molar-refractivity contribution in [2.45, 2.75) is 32.5 Å². The number of aromatic nitrogens is 3. The van der Waals surface area contributed by atoms with Gasteiger partial charge in [0.25, 0.3) is 0 Å². The first kappa shape index (κ1) is 20.2. The summed E-state index contributed by atoms with van der Waals surface area (Å²) in [5.41, 5.74) is 2.94. The van der Waals surface area contributed by atoms with Crippen molar-refractivity contribution in [3.05, 3.63) is 43.0 Å². The van der Waals surface area contributed by atoms with Gasteiger partial charge in [-0.05, 0) is 50.1 Å². The number of rotatable bonds is 4. The summed E-state index contributed by atoms with van der Waals surface area (Å²) >= 11 is 0. The molecule has 1 aliphatic heterocycles. The van der Waals surface area contributed by atoms with Crippen LogP contribution in [0.3, 0.4) is 0 Å².